The molecule has 0 aliphatic heterocycles. The van der Waals surface area contributed by atoms with Crippen LogP contribution in [0.3, 0.4) is 0 Å². The molecule has 1 N–H and O–H groups in total. The first kappa shape index (κ1) is 23.0. The number of hydrogen-bond donors (Lipinski definition) is 1. The molecule has 1 aromatic carbocycles. The van der Waals surface area contributed by atoms with E-state index in [1.807, 2.05) is 5.92 Å². The van der Waals surface area contributed by atoms with E-state index < -0.39 is 40.1 Å². The van der Waals surface area contributed by atoms with Gasteiger partial charge in [0.15, 0.2) is 5.60 Å². The monoisotopic (exact) mass is 404 g/mol. The van der Waals surface area contributed by atoms with Crippen LogP contribution in [0.2, 0.25) is 0 Å². The Balaban J connectivity index is 3.47. The van der Waals surface area contributed by atoms with Crippen molar-refractivity contribution in [2.75, 3.05) is 14.1 Å². The molecule has 0 aliphatic rings. The Hall–Kier alpha value is -2.05. The molecule has 0 spiro atoms. The van der Waals surface area contributed by atoms with Gasteiger partial charge in [-0.05, 0) is 23.5 Å². The summed E-state index contributed by atoms with van der Waals surface area (Å²) < 4.78 is 68.8. The van der Waals surface area contributed by atoms with Crippen molar-refractivity contribution in [3.8, 4) is 12.3 Å². The number of nitrogens with zero attached hydrogens (tertiary/aromatic N) is 2. The van der Waals surface area contributed by atoms with Crippen LogP contribution >= 0.6 is 0 Å². The smallest absolute Gasteiger partial charge is 0.380 e. The fourth-order valence-corrected chi connectivity index (χ4v) is 4.02. The van der Waals surface area contributed by atoms with E-state index in [2.05, 4.69) is 4.40 Å². The van der Waals surface area contributed by atoms with Crippen LogP contribution in [0.25, 0.3) is 0 Å². The Labute approximate surface area is 158 Å². The van der Waals surface area contributed by atoms with Crippen molar-refractivity contribution < 1.29 is 26.7 Å². The topological polar surface area (TPSA) is 70.0 Å². The lowest BCUT2D eigenvalue weighted by Gasteiger charge is -2.37. The van der Waals surface area contributed by atoms with Crippen LogP contribution in [-0.2, 0) is 15.4 Å². The summed E-state index contributed by atoms with van der Waals surface area (Å²) in [6, 6.07) is 5.65. The molecule has 0 aliphatic carbocycles. The summed E-state index contributed by atoms with van der Waals surface area (Å²) in [7, 11) is -0.985. The number of aliphatic hydroxyl groups is 1. The highest BCUT2D eigenvalue weighted by Gasteiger charge is 2.55. The van der Waals surface area contributed by atoms with Gasteiger partial charge in [-0.15, -0.1) is 16.7 Å². The molecule has 0 radical (unpaired) electrons. The minimum absolute atomic E-state index is 0.112. The number of sulfonamides is 1. The molecule has 1 atom stereocenters. The number of benzene rings is 1. The maximum absolute atomic E-state index is 13.4. The lowest BCUT2D eigenvalue weighted by Crippen LogP contribution is -2.49. The summed E-state index contributed by atoms with van der Waals surface area (Å²) in [5.74, 6) is 1.85. The lowest BCUT2D eigenvalue weighted by molar-refractivity contribution is -0.264. The molecule has 27 heavy (non-hydrogen) atoms. The van der Waals surface area contributed by atoms with Crippen LogP contribution < -0.4 is 0 Å². The second kappa shape index (κ2) is 7.90. The molecule has 0 bridgehead atoms. The number of terminal acetylenes is 1. The highest BCUT2D eigenvalue weighted by Crippen LogP contribution is 2.44. The van der Waals surface area contributed by atoms with Crippen molar-refractivity contribution in [3.63, 3.8) is 0 Å². The zero-order valence-electron chi connectivity index (χ0n) is 15.6. The third kappa shape index (κ3) is 5.47. The normalized spacial score (nSPS) is 15.4. The molecule has 1 unspecified atom stereocenters. The summed E-state index contributed by atoms with van der Waals surface area (Å²) in [6.07, 6.45) is -0.617. The van der Waals surface area contributed by atoms with Crippen LogP contribution in [-0.4, -0.2) is 50.6 Å². The Morgan fingerprint density at radius 1 is 1.26 bits per heavy atom. The highest BCUT2D eigenvalue weighted by atomic mass is 32.2. The number of hydrogen-bond acceptors (Lipinski definition) is 3. The van der Waals surface area contributed by atoms with Gasteiger partial charge in [0, 0.05) is 20.5 Å². The second-order valence-electron chi connectivity index (χ2n) is 7.13. The van der Waals surface area contributed by atoms with Crippen molar-refractivity contribution in [1.29, 1.82) is 0 Å². The molecule has 0 aromatic heterocycles. The molecular formula is C18H23F3N2O3S. The van der Waals surface area contributed by atoms with Gasteiger partial charge in [-0.3, -0.25) is 0 Å². The van der Waals surface area contributed by atoms with Gasteiger partial charge in [-0.1, -0.05) is 32.0 Å². The van der Waals surface area contributed by atoms with Crippen LogP contribution in [0.1, 0.15) is 32.3 Å². The third-order valence-electron chi connectivity index (χ3n) is 3.97. The van der Waals surface area contributed by atoms with Gasteiger partial charge in [0.1, 0.15) is 6.34 Å². The molecule has 0 fully saturated rings. The minimum Gasteiger partial charge on any atom is -0.380 e. The van der Waals surface area contributed by atoms with Gasteiger partial charge >= 0.3 is 6.18 Å². The molecular weight excluding hydrogens is 381 g/mol. The minimum atomic E-state index is -4.96. The molecule has 0 saturated heterocycles. The van der Waals surface area contributed by atoms with Gasteiger partial charge in [0.25, 0.3) is 10.0 Å². The van der Waals surface area contributed by atoms with E-state index in [1.54, 1.807) is 14.1 Å². The van der Waals surface area contributed by atoms with E-state index in [9.17, 15) is 26.7 Å². The summed E-state index contributed by atoms with van der Waals surface area (Å²) in [4.78, 5) is 1.19. The fourth-order valence-electron chi connectivity index (χ4n) is 2.72. The summed E-state index contributed by atoms with van der Waals surface area (Å²) in [6.45, 7) is 2.84. The quantitative estimate of drug-likeness (QED) is 0.431. The predicted molar refractivity (Wildman–Crippen MR) is 97.9 cm³/mol. The van der Waals surface area contributed by atoms with Gasteiger partial charge in [-0.2, -0.15) is 21.6 Å². The van der Waals surface area contributed by atoms with Crippen molar-refractivity contribution in [3.05, 3.63) is 29.8 Å². The van der Waals surface area contributed by atoms with Gasteiger partial charge in [-0.25, -0.2) is 0 Å². The Kier molecular flexibility index (Phi) is 6.73. The fraction of sp³-hybridized carbons (Fsp3) is 0.500. The predicted octanol–water partition coefficient (Wildman–Crippen LogP) is 2.95. The van der Waals surface area contributed by atoms with Crippen molar-refractivity contribution in [2.24, 2.45) is 4.40 Å². The number of rotatable bonds is 7. The highest BCUT2D eigenvalue weighted by molar-refractivity contribution is 7.90. The van der Waals surface area contributed by atoms with E-state index >= 15 is 0 Å². The Morgan fingerprint density at radius 2 is 1.81 bits per heavy atom. The summed E-state index contributed by atoms with van der Waals surface area (Å²) in [5.41, 5.74) is -4.39. The van der Waals surface area contributed by atoms with Crippen LogP contribution in [0.4, 0.5) is 13.2 Å². The van der Waals surface area contributed by atoms with Crippen molar-refractivity contribution >= 4 is 16.4 Å². The molecule has 0 heterocycles. The number of alkyl halides is 3. The van der Waals surface area contributed by atoms with Crippen LogP contribution in [0.5, 0.6) is 0 Å². The third-order valence-corrected chi connectivity index (χ3v) is 5.25. The summed E-state index contributed by atoms with van der Waals surface area (Å²) >= 11 is 0. The molecule has 0 amide bonds. The Bertz CT molecular complexity index is 840. The standard InChI is InChI=1S/C18H23F3N2O3S/c1-6-11-17(24,18(19,20)21)12-16(2,3)14-9-7-8-10-15(14)27(25,26)22-13-23(4)5/h1,7-10,13,24H,11-12H2,2-5H3/b22-13+. The molecule has 150 valence electrons. The molecule has 1 aromatic rings. The first-order valence-electron chi connectivity index (χ1n) is 7.95. The number of halogens is 3. The second-order valence-corrected chi connectivity index (χ2v) is 8.73. The molecule has 9 heteroatoms. The SMILES string of the molecule is C#CCC(O)(CC(C)(C)c1ccccc1S(=O)(=O)/N=C/N(C)C)C(F)(F)F. The zero-order valence-corrected chi connectivity index (χ0v) is 16.4. The first-order valence-corrected chi connectivity index (χ1v) is 9.39. The maximum atomic E-state index is 13.4. The first-order chi connectivity index (χ1) is 12.2. The van der Waals surface area contributed by atoms with Crippen LogP contribution in [0, 0.1) is 12.3 Å². The van der Waals surface area contributed by atoms with Gasteiger partial charge < -0.3 is 10.0 Å². The van der Waals surface area contributed by atoms with Crippen molar-refractivity contribution in [2.45, 2.75) is 48.8 Å². The average molecular weight is 404 g/mol. The summed E-state index contributed by atoms with van der Waals surface area (Å²) in [5, 5.41) is 10.2. The molecule has 5 nitrogen and oxygen atoms in total. The molecule has 1 rings (SSSR count). The largest absolute Gasteiger partial charge is 0.418 e. The van der Waals surface area contributed by atoms with E-state index in [-0.39, 0.29) is 10.5 Å². The zero-order chi connectivity index (χ0) is 21.1. The average Bonchev–Trinajstić information content (AvgIpc) is 2.52. The van der Waals surface area contributed by atoms with Gasteiger partial charge in [0.05, 0.1) is 4.90 Å². The van der Waals surface area contributed by atoms with Crippen LogP contribution in [0.15, 0.2) is 33.6 Å². The van der Waals surface area contributed by atoms with E-state index in [0.717, 1.165) is 6.34 Å². The van der Waals surface area contributed by atoms with Gasteiger partial charge in [0.2, 0.25) is 0 Å². The van der Waals surface area contributed by atoms with E-state index in [4.69, 9.17) is 6.42 Å². The van der Waals surface area contributed by atoms with E-state index in [1.165, 1.54) is 43.0 Å². The maximum Gasteiger partial charge on any atom is 0.418 e. The molecule has 0 saturated carbocycles. The van der Waals surface area contributed by atoms with Crippen molar-refractivity contribution in [1.82, 2.24) is 4.90 Å². The Morgan fingerprint density at radius 3 is 2.30 bits per heavy atom. The lowest BCUT2D eigenvalue weighted by atomic mass is 9.74. The van der Waals surface area contributed by atoms with E-state index in [0.29, 0.717) is 0 Å².